The van der Waals surface area contributed by atoms with E-state index in [1.165, 1.54) is 62.9 Å². The van der Waals surface area contributed by atoms with Gasteiger partial charge in [-0.15, -0.1) is 0 Å². The molecule has 2 bridgehead atoms. The monoisotopic (exact) mass is 408 g/mol. The zero-order chi connectivity index (χ0) is 20.5. The van der Waals surface area contributed by atoms with Crippen LogP contribution in [0.1, 0.15) is 42.5 Å². The van der Waals surface area contributed by atoms with E-state index in [0.29, 0.717) is 6.54 Å². The zero-order valence-corrected chi connectivity index (χ0v) is 18.3. The minimum atomic E-state index is 0.149. The van der Waals surface area contributed by atoms with E-state index in [9.17, 15) is 5.11 Å². The number of aliphatic hydroxyl groups is 1. The molecule has 30 heavy (non-hydrogen) atoms. The standard InChI is InChI=1S/C25H36N4O/c1-19-23(18-28(26-19)10-11-30)17-27-14-21-12-22(16-27)25-9-5-8-24(29(25)15-21)13-20-6-3-2-4-7-20/h2-4,6-7,18,21-22,24-25,30H,5,8-17H2,1H3/t21-,22+,24+,25-/m0/s1. The van der Waals surface area contributed by atoms with Gasteiger partial charge < -0.3 is 5.11 Å². The number of rotatable bonds is 6. The zero-order valence-electron chi connectivity index (χ0n) is 18.3. The van der Waals surface area contributed by atoms with Crippen molar-refractivity contribution in [1.29, 1.82) is 0 Å². The van der Waals surface area contributed by atoms with E-state index in [1.54, 1.807) is 0 Å². The second-order valence-corrected chi connectivity index (χ2v) is 9.82. The van der Waals surface area contributed by atoms with Crippen molar-refractivity contribution in [3.63, 3.8) is 0 Å². The van der Waals surface area contributed by atoms with Crippen LogP contribution in [-0.2, 0) is 19.5 Å². The first-order valence-electron chi connectivity index (χ1n) is 11.9. The Morgan fingerprint density at radius 2 is 1.97 bits per heavy atom. The molecule has 1 aromatic heterocycles. The van der Waals surface area contributed by atoms with Gasteiger partial charge in [0.1, 0.15) is 0 Å². The molecule has 0 radical (unpaired) electrons. The lowest BCUT2D eigenvalue weighted by atomic mass is 9.74. The number of benzene rings is 1. The van der Waals surface area contributed by atoms with Crippen molar-refractivity contribution in [2.45, 2.75) is 64.2 Å². The molecule has 4 atom stereocenters. The summed E-state index contributed by atoms with van der Waals surface area (Å²) in [7, 11) is 0. The number of fused-ring (bicyclic) bond motifs is 4. The molecule has 2 aromatic rings. The second kappa shape index (κ2) is 8.81. The normalized spacial score (nSPS) is 29.7. The van der Waals surface area contributed by atoms with E-state index in [2.05, 4.69) is 58.4 Å². The van der Waals surface area contributed by atoms with Crippen LogP contribution in [0.3, 0.4) is 0 Å². The summed E-state index contributed by atoms with van der Waals surface area (Å²) in [6, 6.07) is 12.6. The van der Waals surface area contributed by atoms with Crippen molar-refractivity contribution < 1.29 is 5.11 Å². The van der Waals surface area contributed by atoms with E-state index >= 15 is 0 Å². The number of piperidine rings is 3. The Hall–Kier alpha value is -1.69. The van der Waals surface area contributed by atoms with E-state index < -0.39 is 0 Å². The topological polar surface area (TPSA) is 44.5 Å². The Morgan fingerprint density at radius 1 is 1.10 bits per heavy atom. The van der Waals surface area contributed by atoms with Crippen LogP contribution in [0.5, 0.6) is 0 Å². The lowest BCUT2D eigenvalue weighted by molar-refractivity contribution is -0.0579. The van der Waals surface area contributed by atoms with Crippen molar-refractivity contribution in [2.75, 3.05) is 26.2 Å². The molecule has 5 nitrogen and oxygen atoms in total. The fraction of sp³-hybridized carbons (Fsp3) is 0.640. The highest BCUT2D eigenvalue weighted by Crippen LogP contribution is 2.40. The molecule has 3 aliphatic heterocycles. The minimum absolute atomic E-state index is 0.149. The lowest BCUT2D eigenvalue weighted by Crippen LogP contribution is -2.61. The number of aryl methyl sites for hydroxylation is 1. The van der Waals surface area contributed by atoms with Crippen molar-refractivity contribution in [1.82, 2.24) is 19.6 Å². The van der Waals surface area contributed by atoms with Gasteiger partial charge in [0.2, 0.25) is 0 Å². The van der Waals surface area contributed by atoms with E-state index in [-0.39, 0.29) is 6.61 Å². The van der Waals surface area contributed by atoms with Crippen LogP contribution in [0.4, 0.5) is 0 Å². The molecule has 0 saturated carbocycles. The molecule has 0 spiro atoms. The first-order chi connectivity index (χ1) is 14.7. The summed E-state index contributed by atoms with van der Waals surface area (Å²) < 4.78 is 1.90. The Labute approximate surface area is 180 Å². The summed E-state index contributed by atoms with van der Waals surface area (Å²) >= 11 is 0. The van der Waals surface area contributed by atoms with Gasteiger partial charge in [0.15, 0.2) is 0 Å². The Bertz CT molecular complexity index is 835. The van der Waals surface area contributed by atoms with E-state index in [4.69, 9.17) is 0 Å². The third-order valence-electron chi connectivity index (χ3n) is 7.68. The lowest BCUT2D eigenvalue weighted by Gasteiger charge is -2.55. The highest BCUT2D eigenvalue weighted by atomic mass is 16.3. The Balaban J connectivity index is 1.26. The maximum absolute atomic E-state index is 9.20. The minimum Gasteiger partial charge on any atom is -0.394 e. The van der Waals surface area contributed by atoms with Crippen LogP contribution < -0.4 is 0 Å². The smallest absolute Gasteiger partial charge is 0.0641 e. The van der Waals surface area contributed by atoms with Crippen molar-refractivity contribution in [3.05, 3.63) is 53.3 Å². The van der Waals surface area contributed by atoms with Gasteiger partial charge in [-0.25, -0.2) is 0 Å². The van der Waals surface area contributed by atoms with Gasteiger partial charge in [-0.05, 0) is 50.0 Å². The SMILES string of the molecule is Cc1nn(CCO)cc1CN1C[C@@H]2C[C@H](C1)[C@@H]1CCC[C@H](Cc3ccccc3)N1C2. The highest BCUT2D eigenvalue weighted by Gasteiger charge is 2.44. The van der Waals surface area contributed by atoms with Crippen LogP contribution in [0.25, 0.3) is 0 Å². The van der Waals surface area contributed by atoms with Crippen LogP contribution in [0.15, 0.2) is 36.5 Å². The van der Waals surface area contributed by atoms with Crippen LogP contribution in [0.2, 0.25) is 0 Å². The van der Waals surface area contributed by atoms with Gasteiger partial charge in [-0.1, -0.05) is 36.8 Å². The highest BCUT2D eigenvalue weighted by molar-refractivity contribution is 5.17. The molecular formula is C25H36N4O. The van der Waals surface area contributed by atoms with Gasteiger partial charge >= 0.3 is 0 Å². The molecule has 3 aliphatic rings. The number of nitrogens with zero attached hydrogens (tertiary/aromatic N) is 4. The maximum Gasteiger partial charge on any atom is 0.0641 e. The van der Waals surface area contributed by atoms with Crippen molar-refractivity contribution in [2.24, 2.45) is 11.8 Å². The molecule has 4 heterocycles. The van der Waals surface area contributed by atoms with Crippen LogP contribution in [0, 0.1) is 18.8 Å². The number of likely N-dealkylation sites (tertiary alicyclic amines) is 1. The number of hydrogen-bond acceptors (Lipinski definition) is 4. The molecule has 3 saturated heterocycles. The van der Waals surface area contributed by atoms with Crippen molar-refractivity contribution in [3.8, 4) is 0 Å². The fourth-order valence-electron chi connectivity index (χ4n) is 6.42. The molecule has 5 heteroatoms. The predicted molar refractivity (Wildman–Crippen MR) is 119 cm³/mol. The number of hydrogen-bond donors (Lipinski definition) is 1. The molecule has 1 aromatic carbocycles. The first-order valence-corrected chi connectivity index (χ1v) is 11.9. The number of aromatic nitrogens is 2. The van der Waals surface area contributed by atoms with Gasteiger partial charge in [0, 0.05) is 50.0 Å². The second-order valence-electron chi connectivity index (χ2n) is 9.82. The van der Waals surface area contributed by atoms with Gasteiger partial charge in [0.05, 0.1) is 18.8 Å². The Morgan fingerprint density at radius 3 is 2.80 bits per heavy atom. The quantitative estimate of drug-likeness (QED) is 0.798. The van der Waals surface area contributed by atoms with Crippen molar-refractivity contribution >= 4 is 0 Å². The van der Waals surface area contributed by atoms with Crippen LogP contribution in [-0.4, -0.2) is 63.0 Å². The molecule has 3 fully saturated rings. The molecule has 5 rings (SSSR count). The number of aliphatic hydroxyl groups excluding tert-OH is 1. The van der Waals surface area contributed by atoms with Gasteiger partial charge in [-0.3, -0.25) is 14.5 Å². The summed E-state index contributed by atoms with van der Waals surface area (Å²) in [6.45, 7) is 7.55. The van der Waals surface area contributed by atoms with E-state index in [0.717, 1.165) is 36.2 Å². The summed E-state index contributed by atoms with van der Waals surface area (Å²) in [4.78, 5) is 5.60. The molecule has 0 amide bonds. The average Bonchev–Trinajstić information content (AvgIpc) is 3.08. The average molecular weight is 409 g/mol. The Kier molecular flexibility index (Phi) is 5.94. The fourth-order valence-corrected chi connectivity index (χ4v) is 6.42. The summed E-state index contributed by atoms with van der Waals surface area (Å²) in [6.07, 6.45) is 8.88. The molecule has 162 valence electrons. The van der Waals surface area contributed by atoms with Gasteiger partial charge in [0.25, 0.3) is 0 Å². The largest absolute Gasteiger partial charge is 0.394 e. The molecule has 1 N–H and O–H groups in total. The maximum atomic E-state index is 9.20. The summed E-state index contributed by atoms with van der Waals surface area (Å²) in [5, 5.41) is 13.8. The van der Waals surface area contributed by atoms with Crippen LogP contribution >= 0.6 is 0 Å². The third kappa shape index (κ3) is 4.20. The first kappa shape index (κ1) is 20.2. The van der Waals surface area contributed by atoms with Gasteiger partial charge in [-0.2, -0.15) is 5.10 Å². The van der Waals surface area contributed by atoms with E-state index in [1.807, 2.05) is 4.68 Å². The predicted octanol–water partition coefficient (Wildman–Crippen LogP) is 3.10. The molecule has 0 unspecified atom stereocenters. The summed E-state index contributed by atoms with van der Waals surface area (Å²) in [5.74, 6) is 1.60. The molecule has 0 aliphatic carbocycles. The summed E-state index contributed by atoms with van der Waals surface area (Å²) in [5.41, 5.74) is 3.93. The third-order valence-corrected chi connectivity index (χ3v) is 7.68. The molecular weight excluding hydrogens is 372 g/mol.